The molecule has 1 aromatic carbocycles. The second-order valence-electron chi connectivity index (χ2n) is 5.30. The fraction of sp³-hybridized carbons (Fsp3) is 0.500. The quantitative estimate of drug-likeness (QED) is 0.774. The van der Waals surface area contributed by atoms with Gasteiger partial charge in [-0.2, -0.15) is 0 Å². The SMILES string of the molecule is CC(C)(CCCO)CNC(=O)c1cc(Br)ccc1Br. The molecule has 0 saturated heterocycles. The Bertz CT molecular complexity index is 447. The first kappa shape index (κ1) is 16.7. The molecule has 0 fully saturated rings. The van der Waals surface area contributed by atoms with Crippen molar-refractivity contribution in [2.24, 2.45) is 5.41 Å². The number of benzene rings is 1. The fourth-order valence-corrected chi connectivity index (χ4v) is 2.52. The van der Waals surface area contributed by atoms with Gasteiger partial charge in [0.15, 0.2) is 0 Å². The molecule has 1 aromatic rings. The molecule has 0 spiro atoms. The molecule has 106 valence electrons. The normalized spacial score (nSPS) is 11.4. The number of amides is 1. The molecule has 0 aliphatic heterocycles. The van der Waals surface area contributed by atoms with E-state index in [2.05, 4.69) is 51.0 Å². The van der Waals surface area contributed by atoms with Crippen molar-refractivity contribution in [2.45, 2.75) is 26.7 Å². The van der Waals surface area contributed by atoms with E-state index in [1.807, 2.05) is 12.1 Å². The number of rotatable bonds is 6. The summed E-state index contributed by atoms with van der Waals surface area (Å²) in [5, 5.41) is 11.8. The van der Waals surface area contributed by atoms with Gasteiger partial charge in [0.05, 0.1) is 5.56 Å². The van der Waals surface area contributed by atoms with Crippen LogP contribution in [0.2, 0.25) is 0 Å². The minimum absolute atomic E-state index is 0.0170. The maximum atomic E-state index is 12.1. The van der Waals surface area contributed by atoms with Gasteiger partial charge in [-0.25, -0.2) is 0 Å². The van der Waals surface area contributed by atoms with Gasteiger partial charge in [-0.15, -0.1) is 0 Å². The molecule has 3 nitrogen and oxygen atoms in total. The van der Waals surface area contributed by atoms with Crippen molar-refractivity contribution in [3.05, 3.63) is 32.7 Å². The fourth-order valence-electron chi connectivity index (χ4n) is 1.73. The standard InChI is InChI=1S/C14H19Br2NO2/c1-14(2,6-3-7-18)9-17-13(19)11-8-10(15)4-5-12(11)16/h4-5,8,18H,3,6-7,9H2,1-2H3,(H,17,19). The molecule has 0 unspecified atom stereocenters. The van der Waals surface area contributed by atoms with Crippen LogP contribution in [-0.4, -0.2) is 24.2 Å². The minimum atomic E-state index is -0.0924. The van der Waals surface area contributed by atoms with Crippen LogP contribution in [0.5, 0.6) is 0 Å². The van der Waals surface area contributed by atoms with Gasteiger partial charge in [0.2, 0.25) is 0 Å². The summed E-state index contributed by atoms with van der Waals surface area (Å²) in [6.45, 7) is 4.94. The smallest absolute Gasteiger partial charge is 0.252 e. The highest BCUT2D eigenvalue weighted by atomic mass is 79.9. The summed E-state index contributed by atoms with van der Waals surface area (Å²) in [6.07, 6.45) is 1.63. The lowest BCUT2D eigenvalue weighted by molar-refractivity contribution is 0.0932. The van der Waals surface area contributed by atoms with E-state index in [4.69, 9.17) is 5.11 Å². The Balaban J connectivity index is 2.62. The van der Waals surface area contributed by atoms with Gasteiger partial charge in [0.1, 0.15) is 0 Å². The summed E-state index contributed by atoms with van der Waals surface area (Å²) in [6, 6.07) is 5.52. The van der Waals surface area contributed by atoms with E-state index in [9.17, 15) is 4.79 Å². The maximum Gasteiger partial charge on any atom is 0.252 e. The van der Waals surface area contributed by atoms with Crippen LogP contribution in [0, 0.1) is 5.41 Å². The van der Waals surface area contributed by atoms with E-state index in [0.29, 0.717) is 12.1 Å². The summed E-state index contributed by atoms with van der Waals surface area (Å²) < 4.78 is 1.65. The van der Waals surface area contributed by atoms with Gasteiger partial charge in [-0.05, 0) is 52.4 Å². The molecular formula is C14H19Br2NO2. The predicted molar refractivity (Wildman–Crippen MR) is 84.3 cm³/mol. The Morgan fingerprint density at radius 2 is 2.05 bits per heavy atom. The second-order valence-corrected chi connectivity index (χ2v) is 7.07. The van der Waals surface area contributed by atoms with Crippen molar-refractivity contribution in [2.75, 3.05) is 13.2 Å². The van der Waals surface area contributed by atoms with E-state index in [-0.39, 0.29) is 17.9 Å². The summed E-state index contributed by atoms with van der Waals surface area (Å²) in [7, 11) is 0. The number of halogens is 2. The molecular weight excluding hydrogens is 374 g/mol. The molecule has 0 heterocycles. The Morgan fingerprint density at radius 3 is 2.68 bits per heavy atom. The zero-order valence-corrected chi connectivity index (χ0v) is 14.3. The van der Waals surface area contributed by atoms with Crippen molar-refractivity contribution in [1.29, 1.82) is 0 Å². The van der Waals surface area contributed by atoms with E-state index in [0.717, 1.165) is 21.8 Å². The van der Waals surface area contributed by atoms with Crippen molar-refractivity contribution in [1.82, 2.24) is 5.32 Å². The lowest BCUT2D eigenvalue weighted by Crippen LogP contribution is -2.34. The lowest BCUT2D eigenvalue weighted by atomic mass is 9.88. The van der Waals surface area contributed by atoms with Crippen LogP contribution in [0.25, 0.3) is 0 Å². The topological polar surface area (TPSA) is 49.3 Å². The predicted octanol–water partition coefficient (Wildman–Crippen LogP) is 3.74. The van der Waals surface area contributed by atoms with Gasteiger partial charge >= 0.3 is 0 Å². The summed E-state index contributed by atoms with van der Waals surface area (Å²) in [5.74, 6) is -0.0924. The second kappa shape index (κ2) is 7.41. The molecule has 0 atom stereocenters. The molecule has 2 N–H and O–H groups in total. The average Bonchev–Trinajstić information content (AvgIpc) is 2.36. The van der Waals surface area contributed by atoms with Crippen LogP contribution in [0.3, 0.4) is 0 Å². The van der Waals surface area contributed by atoms with Crippen molar-refractivity contribution >= 4 is 37.8 Å². The maximum absolute atomic E-state index is 12.1. The van der Waals surface area contributed by atoms with Gasteiger partial charge in [-0.3, -0.25) is 4.79 Å². The molecule has 0 aromatic heterocycles. The van der Waals surface area contributed by atoms with Crippen molar-refractivity contribution < 1.29 is 9.90 Å². The number of aliphatic hydroxyl groups is 1. The minimum Gasteiger partial charge on any atom is -0.396 e. The van der Waals surface area contributed by atoms with Crippen LogP contribution < -0.4 is 5.32 Å². The molecule has 1 rings (SSSR count). The third-order valence-corrected chi connectivity index (χ3v) is 4.10. The Hall–Kier alpha value is -0.390. The highest BCUT2D eigenvalue weighted by Crippen LogP contribution is 2.23. The molecule has 0 saturated carbocycles. The van der Waals surface area contributed by atoms with Crippen molar-refractivity contribution in [3.63, 3.8) is 0 Å². The first-order valence-electron chi connectivity index (χ1n) is 6.20. The third kappa shape index (κ3) is 5.63. The highest BCUT2D eigenvalue weighted by Gasteiger charge is 2.19. The number of carbonyl (C=O) groups excluding carboxylic acids is 1. The average molecular weight is 393 g/mol. The Kier molecular flexibility index (Phi) is 6.50. The van der Waals surface area contributed by atoms with Crippen LogP contribution in [0.1, 0.15) is 37.0 Å². The first-order valence-corrected chi connectivity index (χ1v) is 7.78. The van der Waals surface area contributed by atoms with Gasteiger partial charge in [0.25, 0.3) is 5.91 Å². The largest absolute Gasteiger partial charge is 0.396 e. The number of hydrogen-bond donors (Lipinski definition) is 2. The Labute approximate surface area is 131 Å². The van der Waals surface area contributed by atoms with Crippen LogP contribution >= 0.6 is 31.9 Å². The molecule has 1 amide bonds. The highest BCUT2D eigenvalue weighted by molar-refractivity contribution is 9.11. The monoisotopic (exact) mass is 391 g/mol. The van der Waals surface area contributed by atoms with E-state index in [1.54, 1.807) is 6.07 Å². The molecule has 5 heteroatoms. The molecule has 0 aliphatic rings. The molecule has 0 aliphatic carbocycles. The van der Waals surface area contributed by atoms with E-state index < -0.39 is 0 Å². The van der Waals surface area contributed by atoms with Crippen molar-refractivity contribution in [3.8, 4) is 0 Å². The molecule has 0 bridgehead atoms. The zero-order valence-electron chi connectivity index (χ0n) is 11.2. The summed E-state index contributed by atoms with van der Waals surface area (Å²) in [5.41, 5.74) is 0.601. The number of carbonyl (C=O) groups is 1. The Morgan fingerprint density at radius 1 is 1.37 bits per heavy atom. The van der Waals surface area contributed by atoms with Crippen LogP contribution in [-0.2, 0) is 0 Å². The number of hydrogen-bond acceptors (Lipinski definition) is 2. The zero-order chi connectivity index (χ0) is 14.5. The first-order chi connectivity index (χ1) is 8.85. The molecule has 0 radical (unpaired) electrons. The summed E-state index contributed by atoms with van der Waals surface area (Å²) >= 11 is 6.74. The van der Waals surface area contributed by atoms with Crippen LogP contribution in [0.15, 0.2) is 27.1 Å². The number of aliphatic hydroxyl groups excluding tert-OH is 1. The number of nitrogens with one attached hydrogen (secondary N) is 1. The van der Waals surface area contributed by atoms with Gasteiger partial charge in [0, 0.05) is 22.1 Å². The van der Waals surface area contributed by atoms with E-state index in [1.165, 1.54) is 0 Å². The van der Waals surface area contributed by atoms with E-state index >= 15 is 0 Å². The van der Waals surface area contributed by atoms with Crippen LogP contribution in [0.4, 0.5) is 0 Å². The van der Waals surface area contributed by atoms with Gasteiger partial charge < -0.3 is 10.4 Å². The molecule has 19 heavy (non-hydrogen) atoms. The van der Waals surface area contributed by atoms with Gasteiger partial charge in [-0.1, -0.05) is 29.8 Å². The summed E-state index contributed by atoms with van der Waals surface area (Å²) in [4.78, 5) is 12.1. The third-order valence-electron chi connectivity index (χ3n) is 2.91. The lowest BCUT2D eigenvalue weighted by Gasteiger charge is -2.24.